The van der Waals surface area contributed by atoms with Gasteiger partial charge >= 0.3 is 0 Å². The zero-order chi connectivity index (χ0) is 13.8. The van der Waals surface area contributed by atoms with Crippen molar-refractivity contribution in [2.45, 2.75) is 18.9 Å². The number of nitrogens with zero attached hydrogens (tertiary/aromatic N) is 1. The molecule has 1 amide bonds. The van der Waals surface area contributed by atoms with E-state index in [0.717, 1.165) is 13.0 Å². The molecule has 1 aromatic carbocycles. The molecule has 0 aromatic heterocycles. The second-order valence-corrected chi connectivity index (χ2v) is 5.46. The largest absolute Gasteiger partial charge is 0.493 e. The average Bonchev–Trinajstić information content (AvgIpc) is 2.74. The zero-order valence-corrected chi connectivity index (χ0v) is 12.0. The summed E-state index contributed by atoms with van der Waals surface area (Å²) in [7, 11) is 0. The molecule has 1 saturated heterocycles. The first-order valence-corrected chi connectivity index (χ1v) is 6.92. The molecule has 1 aliphatic heterocycles. The van der Waals surface area contributed by atoms with Gasteiger partial charge < -0.3 is 15.4 Å². The van der Waals surface area contributed by atoms with Crippen molar-refractivity contribution in [1.82, 2.24) is 4.90 Å². The van der Waals surface area contributed by atoms with Gasteiger partial charge in [-0.25, -0.2) is 0 Å². The van der Waals surface area contributed by atoms with Gasteiger partial charge in [0.2, 0.25) is 5.91 Å². The Labute approximate surface area is 122 Å². The molecule has 0 radical (unpaired) electrons. The van der Waals surface area contributed by atoms with Crippen LogP contribution in [0.2, 0.25) is 10.0 Å². The van der Waals surface area contributed by atoms with Crippen LogP contribution in [0.5, 0.6) is 5.75 Å². The minimum absolute atomic E-state index is 0.0704. The number of halogens is 2. The van der Waals surface area contributed by atoms with E-state index in [4.69, 9.17) is 33.7 Å². The highest BCUT2D eigenvalue weighted by molar-refractivity contribution is 6.34. The fourth-order valence-electron chi connectivity index (χ4n) is 2.04. The van der Waals surface area contributed by atoms with Crippen LogP contribution in [0.15, 0.2) is 18.2 Å². The first-order chi connectivity index (χ1) is 9.04. The number of rotatable bonds is 4. The number of benzene rings is 1. The van der Waals surface area contributed by atoms with Gasteiger partial charge in [0.05, 0.1) is 13.0 Å². The van der Waals surface area contributed by atoms with E-state index in [1.54, 1.807) is 23.1 Å². The van der Waals surface area contributed by atoms with Crippen molar-refractivity contribution in [3.63, 3.8) is 0 Å². The molecular formula is C13H16Cl2N2O2. The fraction of sp³-hybridized carbons (Fsp3) is 0.462. The van der Waals surface area contributed by atoms with Crippen molar-refractivity contribution in [1.29, 1.82) is 0 Å². The van der Waals surface area contributed by atoms with Crippen molar-refractivity contribution in [2.24, 2.45) is 5.73 Å². The highest BCUT2D eigenvalue weighted by atomic mass is 35.5. The standard InChI is InChI=1S/C13H16Cl2N2O2/c14-9-5-10(15)7-12(6-9)19-4-2-13(18)17-3-1-11(16)8-17/h5-7,11H,1-4,8,16H2/t11-/m0/s1. The predicted molar refractivity (Wildman–Crippen MR) is 75.7 cm³/mol. The third kappa shape index (κ3) is 4.27. The first kappa shape index (κ1) is 14.4. The lowest BCUT2D eigenvalue weighted by atomic mass is 10.3. The van der Waals surface area contributed by atoms with E-state index in [2.05, 4.69) is 0 Å². The number of carbonyl (C=O) groups excluding carboxylic acids is 1. The van der Waals surface area contributed by atoms with Gasteiger partial charge in [0.15, 0.2) is 0 Å². The second-order valence-electron chi connectivity index (χ2n) is 4.59. The van der Waals surface area contributed by atoms with Crippen LogP contribution < -0.4 is 10.5 Å². The van der Waals surface area contributed by atoms with Crippen molar-refractivity contribution in [3.8, 4) is 5.75 Å². The van der Waals surface area contributed by atoms with Crippen molar-refractivity contribution in [3.05, 3.63) is 28.2 Å². The van der Waals surface area contributed by atoms with Gasteiger partial charge in [0, 0.05) is 29.2 Å². The number of nitrogens with two attached hydrogens (primary N) is 1. The van der Waals surface area contributed by atoms with Crippen molar-refractivity contribution in [2.75, 3.05) is 19.7 Å². The third-order valence-electron chi connectivity index (χ3n) is 3.00. The molecule has 1 atom stereocenters. The molecule has 0 spiro atoms. The number of ether oxygens (including phenoxy) is 1. The van der Waals surface area contributed by atoms with E-state index in [-0.39, 0.29) is 11.9 Å². The number of hydrogen-bond donors (Lipinski definition) is 1. The zero-order valence-electron chi connectivity index (χ0n) is 10.4. The lowest BCUT2D eigenvalue weighted by Crippen LogP contribution is -2.32. The normalized spacial score (nSPS) is 18.7. The molecule has 6 heteroatoms. The van der Waals surface area contributed by atoms with Crippen molar-refractivity contribution < 1.29 is 9.53 Å². The van der Waals surface area contributed by atoms with Gasteiger partial charge in [-0.15, -0.1) is 0 Å². The smallest absolute Gasteiger partial charge is 0.226 e. The Morgan fingerprint density at radius 1 is 1.37 bits per heavy atom. The molecule has 19 heavy (non-hydrogen) atoms. The third-order valence-corrected chi connectivity index (χ3v) is 3.43. The summed E-state index contributed by atoms with van der Waals surface area (Å²) in [6.07, 6.45) is 1.20. The molecule has 104 valence electrons. The summed E-state index contributed by atoms with van der Waals surface area (Å²) >= 11 is 11.7. The van der Waals surface area contributed by atoms with E-state index in [1.165, 1.54) is 0 Å². The van der Waals surface area contributed by atoms with Crippen LogP contribution >= 0.6 is 23.2 Å². The number of amides is 1. The lowest BCUT2D eigenvalue weighted by molar-refractivity contribution is -0.130. The molecule has 1 heterocycles. The maximum absolute atomic E-state index is 11.9. The molecule has 0 bridgehead atoms. The van der Waals surface area contributed by atoms with Gasteiger partial charge in [-0.3, -0.25) is 4.79 Å². The van der Waals surface area contributed by atoms with Crippen LogP contribution in [0, 0.1) is 0 Å². The molecule has 0 saturated carbocycles. The fourth-order valence-corrected chi connectivity index (χ4v) is 2.55. The Morgan fingerprint density at radius 2 is 2.05 bits per heavy atom. The quantitative estimate of drug-likeness (QED) is 0.928. The maximum Gasteiger partial charge on any atom is 0.226 e. The van der Waals surface area contributed by atoms with E-state index in [0.29, 0.717) is 35.4 Å². The van der Waals surface area contributed by atoms with E-state index in [1.807, 2.05) is 0 Å². The minimum Gasteiger partial charge on any atom is -0.493 e. The number of likely N-dealkylation sites (tertiary alicyclic amines) is 1. The van der Waals surface area contributed by atoms with E-state index in [9.17, 15) is 4.79 Å². The van der Waals surface area contributed by atoms with Crippen LogP contribution in [0.3, 0.4) is 0 Å². The summed E-state index contributed by atoms with van der Waals surface area (Å²) in [5, 5.41) is 1.03. The van der Waals surface area contributed by atoms with Crippen LogP contribution in [0.4, 0.5) is 0 Å². The van der Waals surface area contributed by atoms with E-state index >= 15 is 0 Å². The number of hydrogen-bond acceptors (Lipinski definition) is 3. The predicted octanol–water partition coefficient (Wildman–Crippen LogP) is 2.32. The van der Waals surface area contributed by atoms with Gasteiger partial charge in [0.25, 0.3) is 0 Å². The Kier molecular flexibility index (Phi) is 4.91. The molecule has 1 aliphatic rings. The minimum atomic E-state index is 0.0704. The second kappa shape index (κ2) is 6.46. The van der Waals surface area contributed by atoms with Gasteiger partial charge in [-0.05, 0) is 24.6 Å². The van der Waals surface area contributed by atoms with Crippen molar-refractivity contribution >= 4 is 29.1 Å². The van der Waals surface area contributed by atoms with Crippen LogP contribution in [0.1, 0.15) is 12.8 Å². The van der Waals surface area contributed by atoms with Crippen LogP contribution in [-0.2, 0) is 4.79 Å². The Bertz CT molecular complexity index is 448. The highest BCUT2D eigenvalue weighted by Crippen LogP contribution is 2.24. The summed E-state index contributed by atoms with van der Waals surface area (Å²) in [4.78, 5) is 13.6. The molecule has 4 nitrogen and oxygen atoms in total. The molecule has 0 aliphatic carbocycles. The van der Waals surface area contributed by atoms with Gasteiger partial charge in [-0.2, -0.15) is 0 Å². The maximum atomic E-state index is 11.9. The van der Waals surface area contributed by atoms with Gasteiger partial charge in [-0.1, -0.05) is 23.2 Å². The highest BCUT2D eigenvalue weighted by Gasteiger charge is 2.23. The molecular weight excluding hydrogens is 287 g/mol. The molecule has 0 unspecified atom stereocenters. The lowest BCUT2D eigenvalue weighted by Gasteiger charge is -2.15. The van der Waals surface area contributed by atoms with Gasteiger partial charge in [0.1, 0.15) is 5.75 Å². The summed E-state index contributed by atoms with van der Waals surface area (Å²) < 4.78 is 5.48. The first-order valence-electron chi connectivity index (χ1n) is 6.17. The summed E-state index contributed by atoms with van der Waals surface area (Å²) in [6.45, 7) is 1.69. The Morgan fingerprint density at radius 3 is 2.63 bits per heavy atom. The summed E-state index contributed by atoms with van der Waals surface area (Å²) in [5.74, 6) is 0.643. The Hall–Kier alpha value is -0.970. The summed E-state index contributed by atoms with van der Waals surface area (Å²) in [5.41, 5.74) is 5.76. The number of carbonyl (C=O) groups is 1. The Balaban J connectivity index is 1.78. The topological polar surface area (TPSA) is 55.6 Å². The molecule has 2 rings (SSSR count). The SMILES string of the molecule is N[C@H]1CCN(C(=O)CCOc2cc(Cl)cc(Cl)c2)C1. The average molecular weight is 303 g/mol. The molecule has 2 N–H and O–H groups in total. The monoisotopic (exact) mass is 302 g/mol. The van der Waals surface area contributed by atoms with Crippen LogP contribution in [-0.4, -0.2) is 36.5 Å². The molecule has 1 aromatic rings. The summed E-state index contributed by atoms with van der Waals surface area (Å²) in [6, 6.07) is 5.08. The van der Waals surface area contributed by atoms with Crippen LogP contribution in [0.25, 0.3) is 0 Å². The van der Waals surface area contributed by atoms with E-state index < -0.39 is 0 Å². The molecule has 1 fully saturated rings.